The van der Waals surface area contributed by atoms with Crippen LogP contribution < -0.4 is 10.6 Å². The Kier molecular flexibility index (Phi) is 5.51. The third-order valence-corrected chi connectivity index (χ3v) is 3.65. The van der Waals surface area contributed by atoms with Gasteiger partial charge < -0.3 is 10.6 Å². The second kappa shape index (κ2) is 7.38. The minimum Gasteiger partial charge on any atom is -0.326 e. The van der Waals surface area contributed by atoms with E-state index in [1.165, 1.54) is 0 Å². The maximum absolute atomic E-state index is 12.2. The Labute approximate surface area is 135 Å². The van der Waals surface area contributed by atoms with Crippen molar-refractivity contribution < 1.29 is 4.79 Å². The molecule has 2 heterocycles. The van der Waals surface area contributed by atoms with Crippen molar-refractivity contribution in [3.63, 3.8) is 0 Å². The van der Waals surface area contributed by atoms with Crippen molar-refractivity contribution in [3.8, 4) is 11.4 Å². The van der Waals surface area contributed by atoms with E-state index in [-0.39, 0.29) is 24.2 Å². The number of rotatable bonds is 3. The molecule has 1 aromatic heterocycles. The highest BCUT2D eigenvalue weighted by Crippen LogP contribution is 2.20. The first-order valence-corrected chi connectivity index (χ1v) is 7.23. The van der Waals surface area contributed by atoms with Crippen LogP contribution in [0.1, 0.15) is 18.7 Å². The second-order valence-electron chi connectivity index (χ2n) is 5.36. The van der Waals surface area contributed by atoms with E-state index in [1.807, 2.05) is 31.2 Å². The first kappa shape index (κ1) is 16.5. The average Bonchev–Trinajstić information content (AvgIpc) is 2.95. The fraction of sp³-hybridized carbons (Fsp3) is 0.400. The van der Waals surface area contributed by atoms with Crippen molar-refractivity contribution in [1.82, 2.24) is 20.5 Å². The predicted molar refractivity (Wildman–Crippen MR) is 88.0 cm³/mol. The van der Waals surface area contributed by atoms with Crippen LogP contribution in [0, 0.1) is 12.8 Å². The first-order valence-electron chi connectivity index (χ1n) is 7.23. The van der Waals surface area contributed by atoms with Crippen LogP contribution in [0.25, 0.3) is 11.4 Å². The summed E-state index contributed by atoms with van der Waals surface area (Å²) in [5.41, 5.74) is 1.67. The summed E-state index contributed by atoms with van der Waals surface area (Å²) in [4.78, 5) is 16.5. The minimum absolute atomic E-state index is 0. The number of carbonyl (C=O) groups is 1. The van der Waals surface area contributed by atoms with Crippen molar-refractivity contribution in [2.45, 2.75) is 19.8 Å². The number of piperidine rings is 1. The summed E-state index contributed by atoms with van der Waals surface area (Å²) in [6, 6.07) is 7.62. The molecular weight excluding hydrogens is 302 g/mol. The van der Waals surface area contributed by atoms with Gasteiger partial charge in [0.05, 0.1) is 5.92 Å². The van der Waals surface area contributed by atoms with E-state index >= 15 is 0 Å². The highest BCUT2D eigenvalue weighted by molar-refractivity contribution is 5.93. The largest absolute Gasteiger partial charge is 0.326 e. The fourth-order valence-corrected chi connectivity index (χ4v) is 2.53. The van der Waals surface area contributed by atoms with Crippen LogP contribution in [-0.2, 0) is 4.79 Å². The summed E-state index contributed by atoms with van der Waals surface area (Å²) in [6.07, 6.45) is 1.99. The van der Waals surface area contributed by atoms with Gasteiger partial charge >= 0.3 is 0 Å². The first-order chi connectivity index (χ1) is 10.2. The Balaban J connectivity index is 0.00000176. The molecule has 0 unspecified atom stereocenters. The topological polar surface area (TPSA) is 82.7 Å². The van der Waals surface area contributed by atoms with Gasteiger partial charge in [0, 0.05) is 17.8 Å². The van der Waals surface area contributed by atoms with Gasteiger partial charge in [-0.25, -0.2) is 4.98 Å². The number of hydrogen-bond acceptors (Lipinski definition) is 4. The summed E-state index contributed by atoms with van der Waals surface area (Å²) in [5, 5.41) is 13.2. The predicted octanol–water partition coefficient (Wildman–Crippen LogP) is 2.14. The third kappa shape index (κ3) is 3.84. The molecular formula is C15H20ClN5O. The summed E-state index contributed by atoms with van der Waals surface area (Å²) in [7, 11) is 0. The van der Waals surface area contributed by atoms with E-state index < -0.39 is 0 Å². The number of aromatic nitrogens is 3. The molecule has 1 aromatic carbocycles. The lowest BCUT2D eigenvalue weighted by molar-refractivity contribution is -0.120. The highest BCUT2D eigenvalue weighted by atomic mass is 35.5. The van der Waals surface area contributed by atoms with Crippen molar-refractivity contribution in [3.05, 3.63) is 30.1 Å². The van der Waals surface area contributed by atoms with Gasteiger partial charge in [-0.3, -0.25) is 9.89 Å². The smallest absolute Gasteiger partial charge is 0.228 e. The molecule has 1 atom stereocenters. The second-order valence-corrected chi connectivity index (χ2v) is 5.36. The molecule has 1 aliphatic rings. The van der Waals surface area contributed by atoms with Gasteiger partial charge in [0.25, 0.3) is 0 Å². The molecule has 3 N–H and O–H groups in total. The maximum atomic E-state index is 12.2. The Morgan fingerprint density at radius 3 is 2.95 bits per heavy atom. The molecule has 0 aliphatic carbocycles. The summed E-state index contributed by atoms with van der Waals surface area (Å²) >= 11 is 0. The van der Waals surface area contributed by atoms with Gasteiger partial charge in [0.15, 0.2) is 5.82 Å². The number of H-pyrrole nitrogens is 1. The molecule has 3 rings (SSSR count). The molecule has 1 amide bonds. The van der Waals surface area contributed by atoms with E-state index in [4.69, 9.17) is 0 Å². The van der Waals surface area contributed by atoms with Gasteiger partial charge in [0.2, 0.25) is 5.91 Å². The number of amides is 1. The van der Waals surface area contributed by atoms with Crippen molar-refractivity contribution >= 4 is 24.0 Å². The zero-order chi connectivity index (χ0) is 14.7. The van der Waals surface area contributed by atoms with Crippen LogP contribution in [0.5, 0.6) is 0 Å². The normalized spacial score (nSPS) is 17.6. The number of halogens is 1. The molecule has 1 aliphatic heterocycles. The van der Waals surface area contributed by atoms with Crippen LogP contribution in [0.4, 0.5) is 5.69 Å². The fourth-order valence-electron chi connectivity index (χ4n) is 2.53. The Hall–Kier alpha value is -1.92. The number of aryl methyl sites for hydroxylation is 1. The molecule has 118 valence electrons. The molecule has 1 fully saturated rings. The number of hydrogen-bond donors (Lipinski definition) is 3. The highest BCUT2D eigenvalue weighted by Gasteiger charge is 2.20. The molecule has 22 heavy (non-hydrogen) atoms. The third-order valence-electron chi connectivity index (χ3n) is 3.65. The Morgan fingerprint density at radius 1 is 1.41 bits per heavy atom. The maximum Gasteiger partial charge on any atom is 0.228 e. The lowest BCUT2D eigenvalue weighted by atomic mass is 9.99. The number of carbonyl (C=O) groups excluding carboxylic acids is 1. The van der Waals surface area contributed by atoms with Gasteiger partial charge in [-0.2, -0.15) is 5.10 Å². The van der Waals surface area contributed by atoms with Crippen LogP contribution in [0.15, 0.2) is 24.3 Å². The molecule has 0 radical (unpaired) electrons. The molecule has 1 saturated heterocycles. The lowest BCUT2D eigenvalue weighted by Crippen LogP contribution is -2.37. The minimum atomic E-state index is 0. The quantitative estimate of drug-likeness (QED) is 0.809. The zero-order valence-electron chi connectivity index (χ0n) is 12.4. The van der Waals surface area contributed by atoms with Crippen molar-refractivity contribution in [1.29, 1.82) is 0 Å². The molecule has 0 spiro atoms. The SMILES string of the molecule is Cc1nc(-c2cccc(NC(=O)[C@@H]3CCCNC3)c2)n[nH]1.Cl. The van der Waals surface area contributed by atoms with Crippen LogP contribution in [0.2, 0.25) is 0 Å². The van der Waals surface area contributed by atoms with Crippen LogP contribution in [-0.4, -0.2) is 34.2 Å². The molecule has 0 bridgehead atoms. The monoisotopic (exact) mass is 321 g/mol. The number of benzene rings is 1. The van der Waals surface area contributed by atoms with Gasteiger partial charge in [-0.05, 0) is 38.4 Å². The number of nitrogens with zero attached hydrogens (tertiary/aromatic N) is 2. The summed E-state index contributed by atoms with van der Waals surface area (Å²) in [5.74, 6) is 1.54. The Morgan fingerprint density at radius 2 is 2.27 bits per heavy atom. The van der Waals surface area contributed by atoms with Gasteiger partial charge in [0.1, 0.15) is 5.82 Å². The lowest BCUT2D eigenvalue weighted by Gasteiger charge is -2.21. The van der Waals surface area contributed by atoms with Crippen molar-refractivity contribution in [2.75, 3.05) is 18.4 Å². The summed E-state index contributed by atoms with van der Waals surface area (Å²) in [6.45, 7) is 3.62. The summed E-state index contributed by atoms with van der Waals surface area (Å²) < 4.78 is 0. The van der Waals surface area contributed by atoms with E-state index in [1.54, 1.807) is 0 Å². The number of aromatic amines is 1. The standard InChI is InChI=1S/C15H19N5O.ClH/c1-10-17-14(20-19-10)11-4-2-6-13(8-11)18-15(21)12-5-3-7-16-9-12;/h2,4,6,8,12,16H,3,5,7,9H2,1H3,(H,18,21)(H,17,19,20);1H/t12-;/m1./s1. The van der Waals surface area contributed by atoms with E-state index in [2.05, 4.69) is 25.8 Å². The zero-order valence-corrected chi connectivity index (χ0v) is 13.2. The number of nitrogens with one attached hydrogen (secondary N) is 3. The van der Waals surface area contributed by atoms with E-state index in [0.717, 1.165) is 43.0 Å². The van der Waals surface area contributed by atoms with Crippen LogP contribution >= 0.6 is 12.4 Å². The Bertz CT molecular complexity index is 636. The molecule has 0 saturated carbocycles. The average molecular weight is 322 g/mol. The number of anilines is 1. The van der Waals surface area contributed by atoms with Crippen LogP contribution in [0.3, 0.4) is 0 Å². The van der Waals surface area contributed by atoms with Gasteiger partial charge in [-0.1, -0.05) is 12.1 Å². The molecule has 7 heteroatoms. The van der Waals surface area contributed by atoms with E-state index in [0.29, 0.717) is 5.82 Å². The molecule has 6 nitrogen and oxygen atoms in total. The van der Waals surface area contributed by atoms with E-state index in [9.17, 15) is 4.79 Å². The van der Waals surface area contributed by atoms with Crippen molar-refractivity contribution in [2.24, 2.45) is 5.92 Å². The van der Waals surface area contributed by atoms with Gasteiger partial charge in [-0.15, -0.1) is 12.4 Å². The molecule has 2 aromatic rings.